The van der Waals surface area contributed by atoms with Crippen LogP contribution < -0.4 is 10.6 Å². The second kappa shape index (κ2) is 5.82. The minimum Gasteiger partial charge on any atom is -0.355 e. The molecule has 0 bridgehead atoms. The number of hydrogen-bond acceptors (Lipinski definition) is 2. The van der Waals surface area contributed by atoms with Crippen LogP contribution in [0.1, 0.15) is 24.8 Å². The van der Waals surface area contributed by atoms with Gasteiger partial charge >= 0.3 is 0 Å². The molecule has 92 valence electrons. The van der Waals surface area contributed by atoms with Crippen LogP contribution in [0.25, 0.3) is 0 Å². The van der Waals surface area contributed by atoms with Gasteiger partial charge in [0.15, 0.2) is 0 Å². The lowest BCUT2D eigenvalue weighted by atomic mass is 9.95. The molecule has 0 aromatic heterocycles. The third-order valence-corrected chi connectivity index (χ3v) is 3.36. The first kappa shape index (κ1) is 12.1. The van der Waals surface area contributed by atoms with Crippen molar-refractivity contribution in [3.63, 3.8) is 0 Å². The van der Waals surface area contributed by atoms with Crippen LogP contribution in [0.2, 0.25) is 0 Å². The molecule has 1 aromatic carbocycles. The minimum absolute atomic E-state index is 0.00997. The summed E-state index contributed by atoms with van der Waals surface area (Å²) in [6.07, 6.45) is 0.846. The van der Waals surface area contributed by atoms with Crippen LogP contribution in [0.5, 0.6) is 0 Å². The Bertz CT molecular complexity index is 360. The first-order chi connectivity index (χ1) is 8.31. The van der Waals surface area contributed by atoms with Crippen molar-refractivity contribution in [3.05, 3.63) is 35.9 Å². The van der Waals surface area contributed by atoms with Crippen molar-refractivity contribution in [1.29, 1.82) is 0 Å². The van der Waals surface area contributed by atoms with Gasteiger partial charge < -0.3 is 10.6 Å². The summed E-state index contributed by atoms with van der Waals surface area (Å²) in [5.41, 5.74) is 1.11. The number of carbonyl (C=O) groups excluding carboxylic acids is 1. The number of rotatable bonds is 5. The van der Waals surface area contributed by atoms with E-state index in [2.05, 4.69) is 17.6 Å². The molecule has 17 heavy (non-hydrogen) atoms. The molecule has 1 aliphatic heterocycles. The zero-order valence-electron chi connectivity index (χ0n) is 10.3. The van der Waals surface area contributed by atoms with Crippen molar-refractivity contribution in [2.24, 2.45) is 5.92 Å². The van der Waals surface area contributed by atoms with Crippen LogP contribution >= 0.6 is 0 Å². The van der Waals surface area contributed by atoms with Gasteiger partial charge in [0, 0.05) is 25.6 Å². The molecule has 0 saturated carbocycles. The van der Waals surface area contributed by atoms with Crippen molar-refractivity contribution in [3.8, 4) is 0 Å². The van der Waals surface area contributed by atoms with E-state index in [1.54, 1.807) is 0 Å². The van der Waals surface area contributed by atoms with Gasteiger partial charge in [-0.3, -0.25) is 4.79 Å². The van der Waals surface area contributed by atoms with Gasteiger partial charge in [-0.25, -0.2) is 0 Å². The van der Waals surface area contributed by atoms with E-state index in [1.165, 1.54) is 0 Å². The molecule has 0 radical (unpaired) electrons. The zero-order chi connectivity index (χ0) is 12.1. The highest BCUT2D eigenvalue weighted by Crippen LogP contribution is 2.19. The summed E-state index contributed by atoms with van der Waals surface area (Å²) < 4.78 is 0. The van der Waals surface area contributed by atoms with E-state index in [0.717, 1.165) is 31.6 Å². The predicted octanol–water partition coefficient (Wildman–Crippen LogP) is 1.52. The van der Waals surface area contributed by atoms with Crippen molar-refractivity contribution in [2.45, 2.75) is 19.3 Å². The highest BCUT2D eigenvalue weighted by atomic mass is 16.1. The quantitative estimate of drug-likeness (QED) is 0.808. The van der Waals surface area contributed by atoms with Crippen molar-refractivity contribution < 1.29 is 4.79 Å². The molecule has 1 unspecified atom stereocenters. The van der Waals surface area contributed by atoms with E-state index in [-0.39, 0.29) is 11.8 Å². The topological polar surface area (TPSA) is 41.1 Å². The number of benzene rings is 1. The van der Waals surface area contributed by atoms with Crippen LogP contribution in [0.4, 0.5) is 0 Å². The van der Waals surface area contributed by atoms with Gasteiger partial charge in [0.2, 0.25) is 5.91 Å². The Kier molecular flexibility index (Phi) is 4.15. The third kappa shape index (κ3) is 3.07. The van der Waals surface area contributed by atoms with Crippen molar-refractivity contribution in [2.75, 3.05) is 19.6 Å². The van der Waals surface area contributed by atoms with Crippen LogP contribution in [-0.4, -0.2) is 25.5 Å². The first-order valence-corrected chi connectivity index (χ1v) is 6.34. The number of amides is 1. The first-order valence-electron chi connectivity index (χ1n) is 6.34. The highest BCUT2D eigenvalue weighted by molar-refractivity contribution is 5.83. The number of carbonyl (C=O) groups is 1. The lowest BCUT2D eigenvalue weighted by molar-refractivity contribution is -0.122. The molecule has 3 heteroatoms. The Morgan fingerprint density at radius 2 is 2.12 bits per heavy atom. The van der Waals surface area contributed by atoms with Gasteiger partial charge in [0.05, 0.1) is 5.92 Å². The second-order valence-corrected chi connectivity index (χ2v) is 4.64. The van der Waals surface area contributed by atoms with Crippen molar-refractivity contribution >= 4 is 5.91 Å². The molecule has 2 rings (SSSR count). The predicted molar refractivity (Wildman–Crippen MR) is 68.8 cm³/mol. The standard InChI is InChI=1S/C14H20N2O/c1-2-13(12-6-4-3-5-7-12)14(17)16-10-11-8-15-9-11/h3-7,11,13,15H,2,8-10H2,1H3,(H,16,17). The molecule has 1 saturated heterocycles. The molecule has 1 aromatic rings. The molecule has 2 N–H and O–H groups in total. The van der Waals surface area contributed by atoms with E-state index in [0.29, 0.717) is 5.92 Å². The molecule has 1 atom stereocenters. The second-order valence-electron chi connectivity index (χ2n) is 4.64. The van der Waals surface area contributed by atoms with Gasteiger partial charge in [-0.2, -0.15) is 0 Å². The van der Waals surface area contributed by atoms with Crippen LogP contribution in [-0.2, 0) is 4.79 Å². The molecule has 1 fully saturated rings. The highest BCUT2D eigenvalue weighted by Gasteiger charge is 2.21. The Morgan fingerprint density at radius 1 is 1.41 bits per heavy atom. The fourth-order valence-electron chi connectivity index (χ4n) is 2.12. The van der Waals surface area contributed by atoms with Gasteiger partial charge in [-0.1, -0.05) is 37.3 Å². The molecule has 1 heterocycles. The Balaban J connectivity index is 1.90. The van der Waals surface area contributed by atoms with E-state index in [1.807, 2.05) is 30.3 Å². The Labute approximate surface area is 103 Å². The molecular formula is C14H20N2O. The van der Waals surface area contributed by atoms with Gasteiger partial charge in [-0.15, -0.1) is 0 Å². The van der Waals surface area contributed by atoms with E-state index < -0.39 is 0 Å². The summed E-state index contributed by atoms with van der Waals surface area (Å²) in [6.45, 7) is 4.92. The summed E-state index contributed by atoms with van der Waals surface area (Å²) in [6, 6.07) is 10.0. The number of nitrogens with one attached hydrogen (secondary N) is 2. The summed E-state index contributed by atoms with van der Waals surface area (Å²) >= 11 is 0. The number of hydrogen-bond donors (Lipinski definition) is 2. The van der Waals surface area contributed by atoms with E-state index in [4.69, 9.17) is 0 Å². The smallest absolute Gasteiger partial charge is 0.227 e. The largest absolute Gasteiger partial charge is 0.355 e. The minimum atomic E-state index is -0.00997. The summed E-state index contributed by atoms with van der Waals surface area (Å²) in [5, 5.41) is 6.26. The molecular weight excluding hydrogens is 212 g/mol. The summed E-state index contributed by atoms with van der Waals surface area (Å²) in [7, 11) is 0. The average molecular weight is 232 g/mol. The summed E-state index contributed by atoms with van der Waals surface area (Å²) in [5.74, 6) is 0.766. The monoisotopic (exact) mass is 232 g/mol. The lowest BCUT2D eigenvalue weighted by Crippen LogP contribution is -2.48. The fraction of sp³-hybridized carbons (Fsp3) is 0.500. The normalized spacial score (nSPS) is 17.2. The fourth-order valence-corrected chi connectivity index (χ4v) is 2.12. The maximum Gasteiger partial charge on any atom is 0.227 e. The molecule has 1 aliphatic rings. The van der Waals surface area contributed by atoms with Gasteiger partial charge in [-0.05, 0) is 12.0 Å². The van der Waals surface area contributed by atoms with Gasteiger partial charge in [0.1, 0.15) is 0 Å². The van der Waals surface area contributed by atoms with E-state index in [9.17, 15) is 4.79 Å². The SMILES string of the molecule is CCC(C(=O)NCC1CNC1)c1ccccc1. The van der Waals surface area contributed by atoms with Crippen LogP contribution in [0, 0.1) is 5.92 Å². The molecule has 1 amide bonds. The maximum atomic E-state index is 12.1. The lowest BCUT2D eigenvalue weighted by Gasteiger charge is -2.28. The molecule has 0 aliphatic carbocycles. The average Bonchev–Trinajstić information content (AvgIpc) is 2.29. The van der Waals surface area contributed by atoms with Crippen LogP contribution in [0.15, 0.2) is 30.3 Å². The Morgan fingerprint density at radius 3 is 2.65 bits per heavy atom. The van der Waals surface area contributed by atoms with Crippen LogP contribution in [0.3, 0.4) is 0 Å². The maximum absolute atomic E-state index is 12.1. The molecule has 3 nitrogen and oxygen atoms in total. The van der Waals surface area contributed by atoms with E-state index >= 15 is 0 Å². The zero-order valence-corrected chi connectivity index (χ0v) is 10.3. The third-order valence-electron chi connectivity index (χ3n) is 3.36. The Hall–Kier alpha value is -1.35. The molecule has 0 spiro atoms. The van der Waals surface area contributed by atoms with Gasteiger partial charge in [0.25, 0.3) is 0 Å². The summed E-state index contributed by atoms with van der Waals surface area (Å²) in [4.78, 5) is 12.1. The van der Waals surface area contributed by atoms with Crippen molar-refractivity contribution in [1.82, 2.24) is 10.6 Å².